The molecule has 4 nitrogen and oxygen atoms in total. The van der Waals surface area contributed by atoms with Crippen molar-refractivity contribution in [2.45, 2.75) is 25.8 Å². The highest BCUT2D eigenvalue weighted by molar-refractivity contribution is 5.45. The van der Waals surface area contributed by atoms with Crippen molar-refractivity contribution < 1.29 is 14.6 Å². The number of hydrogen-bond acceptors (Lipinski definition) is 4. The Balaban J connectivity index is 1.88. The van der Waals surface area contributed by atoms with E-state index in [2.05, 4.69) is 18.3 Å². The summed E-state index contributed by atoms with van der Waals surface area (Å²) < 4.78 is 10.6. The minimum Gasteiger partial charge on any atom is -0.454 e. The number of nitrogens with one attached hydrogen (secondary N) is 1. The molecule has 0 aromatic heterocycles. The Kier molecular flexibility index (Phi) is 4.23. The van der Waals surface area contributed by atoms with Gasteiger partial charge < -0.3 is 19.9 Å². The van der Waals surface area contributed by atoms with Crippen molar-refractivity contribution in [3.05, 3.63) is 23.8 Å². The molecule has 0 aliphatic carbocycles. The summed E-state index contributed by atoms with van der Waals surface area (Å²) in [4.78, 5) is 0. The molecule has 2 N–H and O–H groups in total. The molecule has 0 saturated carbocycles. The summed E-state index contributed by atoms with van der Waals surface area (Å²) in [6.07, 6.45) is 1.84. The van der Waals surface area contributed by atoms with E-state index in [0.29, 0.717) is 6.79 Å². The lowest BCUT2D eigenvalue weighted by molar-refractivity contribution is 0.174. The lowest BCUT2D eigenvalue weighted by atomic mass is 10.1. The van der Waals surface area contributed by atoms with Gasteiger partial charge in [-0.15, -0.1) is 0 Å². The van der Waals surface area contributed by atoms with Gasteiger partial charge in [-0.25, -0.2) is 0 Å². The van der Waals surface area contributed by atoms with Gasteiger partial charge in [-0.3, -0.25) is 0 Å². The monoisotopic (exact) mass is 237 g/mol. The van der Waals surface area contributed by atoms with Gasteiger partial charge in [0.2, 0.25) is 6.79 Å². The molecule has 1 aromatic rings. The molecule has 4 heteroatoms. The highest BCUT2D eigenvalue weighted by Gasteiger charge is 2.15. The minimum atomic E-state index is 0.264. The fourth-order valence-corrected chi connectivity index (χ4v) is 1.86. The van der Waals surface area contributed by atoms with E-state index in [1.807, 2.05) is 12.1 Å². The fourth-order valence-electron chi connectivity index (χ4n) is 1.86. The highest BCUT2D eigenvalue weighted by Crippen LogP contribution is 2.34. The van der Waals surface area contributed by atoms with Gasteiger partial charge in [0.25, 0.3) is 0 Å². The highest BCUT2D eigenvalue weighted by atomic mass is 16.7. The number of hydrogen-bond donors (Lipinski definition) is 2. The van der Waals surface area contributed by atoms with Crippen molar-refractivity contribution in [1.82, 2.24) is 5.32 Å². The molecular weight excluding hydrogens is 218 g/mol. The largest absolute Gasteiger partial charge is 0.454 e. The van der Waals surface area contributed by atoms with Crippen LogP contribution in [0.2, 0.25) is 0 Å². The quantitative estimate of drug-likeness (QED) is 0.741. The number of fused-ring (bicyclic) bond motifs is 1. The predicted octanol–water partition coefficient (Wildman–Crippen LogP) is 1.84. The van der Waals surface area contributed by atoms with E-state index in [-0.39, 0.29) is 12.6 Å². The van der Waals surface area contributed by atoms with Crippen molar-refractivity contribution in [1.29, 1.82) is 0 Å². The number of rotatable bonds is 6. The maximum Gasteiger partial charge on any atom is 0.231 e. The second-order valence-electron chi connectivity index (χ2n) is 4.22. The van der Waals surface area contributed by atoms with Crippen LogP contribution in [0.1, 0.15) is 31.4 Å². The second-order valence-corrected chi connectivity index (χ2v) is 4.22. The Morgan fingerprint density at radius 1 is 1.29 bits per heavy atom. The van der Waals surface area contributed by atoms with Crippen LogP contribution in [-0.4, -0.2) is 25.1 Å². The Labute approximate surface area is 102 Å². The Hall–Kier alpha value is -1.26. The summed E-state index contributed by atoms with van der Waals surface area (Å²) in [6.45, 7) is 3.61. The van der Waals surface area contributed by atoms with Gasteiger partial charge in [-0.05, 0) is 44.0 Å². The van der Waals surface area contributed by atoms with Crippen LogP contribution in [0.5, 0.6) is 11.5 Å². The average molecular weight is 237 g/mol. The molecule has 1 aromatic carbocycles. The van der Waals surface area contributed by atoms with Gasteiger partial charge in [-0.1, -0.05) is 6.07 Å². The first-order valence-electron chi connectivity index (χ1n) is 6.05. The summed E-state index contributed by atoms with van der Waals surface area (Å²) in [5.74, 6) is 1.65. The van der Waals surface area contributed by atoms with Crippen LogP contribution in [0.25, 0.3) is 0 Å². The van der Waals surface area contributed by atoms with Crippen LogP contribution in [0, 0.1) is 0 Å². The third-order valence-electron chi connectivity index (χ3n) is 2.93. The maximum atomic E-state index is 8.70. The van der Waals surface area contributed by atoms with Crippen molar-refractivity contribution in [2.75, 3.05) is 19.9 Å². The van der Waals surface area contributed by atoms with Gasteiger partial charge in [0.05, 0.1) is 0 Å². The zero-order chi connectivity index (χ0) is 12.1. The Morgan fingerprint density at radius 2 is 2.12 bits per heavy atom. The maximum absolute atomic E-state index is 8.70. The molecule has 1 heterocycles. The smallest absolute Gasteiger partial charge is 0.231 e. The predicted molar refractivity (Wildman–Crippen MR) is 65.3 cm³/mol. The van der Waals surface area contributed by atoms with E-state index in [1.54, 1.807) is 0 Å². The summed E-state index contributed by atoms with van der Waals surface area (Å²) in [7, 11) is 0. The van der Waals surface area contributed by atoms with Gasteiger partial charge in [0.1, 0.15) is 0 Å². The normalized spacial score (nSPS) is 14.9. The first kappa shape index (κ1) is 12.2. The zero-order valence-corrected chi connectivity index (χ0v) is 10.1. The number of ether oxygens (including phenoxy) is 2. The molecule has 1 aliphatic heterocycles. The molecule has 2 rings (SSSR count). The Morgan fingerprint density at radius 3 is 2.94 bits per heavy atom. The molecule has 1 unspecified atom stereocenters. The van der Waals surface area contributed by atoms with Crippen molar-refractivity contribution in [3.8, 4) is 11.5 Å². The topological polar surface area (TPSA) is 50.7 Å². The second kappa shape index (κ2) is 5.89. The third-order valence-corrected chi connectivity index (χ3v) is 2.93. The average Bonchev–Trinajstić information content (AvgIpc) is 2.81. The van der Waals surface area contributed by atoms with Crippen LogP contribution >= 0.6 is 0 Å². The van der Waals surface area contributed by atoms with Crippen LogP contribution < -0.4 is 14.8 Å². The lowest BCUT2D eigenvalue weighted by Crippen LogP contribution is -2.20. The third kappa shape index (κ3) is 3.11. The molecule has 0 fully saturated rings. The van der Waals surface area contributed by atoms with Crippen molar-refractivity contribution in [2.24, 2.45) is 0 Å². The van der Waals surface area contributed by atoms with Gasteiger partial charge >= 0.3 is 0 Å². The number of benzene rings is 1. The van der Waals surface area contributed by atoms with Crippen molar-refractivity contribution in [3.63, 3.8) is 0 Å². The lowest BCUT2D eigenvalue weighted by Gasteiger charge is -2.14. The van der Waals surface area contributed by atoms with Gasteiger partial charge in [0, 0.05) is 12.6 Å². The molecular formula is C13H19NO3. The molecule has 17 heavy (non-hydrogen) atoms. The molecule has 0 amide bonds. The van der Waals surface area contributed by atoms with E-state index >= 15 is 0 Å². The summed E-state index contributed by atoms with van der Waals surface area (Å²) in [6, 6.07) is 6.30. The van der Waals surface area contributed by atoms with Crippen LogP contribution in [-0.2, 0) is 0 Å². The van der Waals surface area contributed by atoms with Crippen LogP contribution in [0.3, 0.4) is 0 Å². The number of aliphatic hydroxyl groups is 1. The first-order valence-corrected chi connectivity index (χ1v) is 6.05. The molecule has 94 valence electrons. The van der Waals surface area contributed by atoms with Gasteiger partial charge in [-0.2, -0.15) is 0 Å². The fraction of sp³-hybridized carbons (Fsp3) is 0.538. The van der Waals surface area contributed by atoms with E-state index in [0.717, 1.165) is 30.9 Å². The van der Waals surface area contributed by atoms with Gasteiger partial charge in [0.15, 0.2) is 11.5 Å². The molecule has 0 saturated heterocycles. The van der Waals surface area contributed by atoms with E-state index in [9.17, 15) is 0 Å². The van der Waals surface area contributed by atoms with E-state index in [1.165, 1.54) is 5.56 Å². The van der Waals surface area contributed by atoms with Crippen LogP contribution in [0.4, 0.5) is 0 Å². The first-order chi connectivity index (χ1) is 8.31. The van der Waals surface area contributed by atoms with E-state index in [4.69, 9.17) is 14.6 Å². The standard InChI is InChI=1S/C13H19NO3/c1-10(14-6-2-3-7-15)11-4-5-12-13(8-11)17-9-16-12/h4-5,8,10,14-15H,2-3,6-7,9H2,1H3. The zero-order valence-electron chi connectivity index (χ0n) is 10.1. The molecule has 1 atom stereocenters. The number of aliphatic hydroxyl groups excluding tert-OH is 1. The minimum absolute atomic E-state index is 0.264. The molecule has 0 spiro atoms. The van der Waals surface area contributed by atoms with Crippen molar-refractivity contribution >= 4 is 0 Å². The van der Waals surface area contributed by atoms with Crippen LogP contribution in [0.15, 0.2) is 18.2 Å². The molecule has 1 aliphatic rings. The SMILES string of the molecule is CC(NCCCCO)c1ccc2c(c1)OCO2. The molecule has 0 radical (unpaired) electrons. The van der Waals surface area contributed by atoms with E-state index < -0.39 is 0 Å². The molecule has 0 bridgehead atoms. The summed E-state index contributed by atoms with van der Waals surface area (Å²) in [5, 5.41) is 12.1. The summed E-state index contributed by atoms with van der Waals surface area (Å²) in [5.41, 5.74) is 1.19. The summed E-state index contributed by atoms with van der Waals surface area (Å²) >= 11 is 0. The number of unbranched alkanes of at least 4 members (excludes halogenated alkanes) is 1. The Bertz CT molecular complexity index is 368.